The molecule has 0 saturated heterocycles. The third kappa shape index (κ3) is 3.25. The molecule has 0 aliphatic heterocycles. The Morgan fingerprint density at radius 3 is 2.46 bits per heavy atom. The molecule has 0 fully saturated rings. The van der Waals surface area contributed by atoms with Crippen molar-refractivity contribution in [2.45, 2.75) is 5.88 Å². The lowest BCUT2D eigenvalue weighted by molar-refractivity contribution is 1.27. The van der Waals surface area contributed by atoms with Gasteiger partial charge in [-0.2, -0.15) is 5.10 Å². The van der Waals surface area contributed by atoms with E-state index in [1.165, 1.54) is 12.4 Å². The Morgan fingerprint density at radius 1 is 1.23 bits per heavy atom. The van der Waals surface area contributed by atoms with Crippen molar-refractivity contribution < 1.29 is 0 Å². The van der Waals surface area contributed by atoms with Gasteiger partial charge in [-0.15, -0.1) is 11.6 Å². The van der Waals surface area contributed by atoms with E-state index in [0.717, 1.165) is 11.3 Å². The highest BCUT2D eigenvalue weighted by Gasteiger charge is 1.89. The van der Waals surface area contributed by atoms with Gasteiger partial charge in [-0.05, 0) is 17.7 Å². The van der Waals surface area contributed by atoms with Crippen molar-refractivity contribution in [2.24, 2.45) is 15.9 Å². The summed E-state index contributed by atoms with van der Waals surface area (Å²) in [5.74, 6) is 5.42. The molecule has 0 aliphatic carbocycles. The summed E-state index contributed by atoms with van der Waals surface area (Å²) in [7, 11) is 0. The van der Waals surface area contributed by atoms with E-state index in [1.807, 2.05) is 24.3 Å². The van der Waals surface area contributed by atoms with Gasteiger partial charge in [-0.3, -0.25) is 4.99 Å². The minimum absolute atomic E-state index is 0.522. The molecule has 0 spiro atoms. The first-order chi connectivity index (χ1) is 6.36. The molecule has 2 N–H and O–H groups in total. The average Bonchev–Trinajstić information content (AvgIpc) is 2.19. The first-order valence-corrected chi connectivity index (χ1v) is 4.31. The molecule has 0 heterocycles. The van der Waals surface area contributed by atoms with Gasteiger partial charge in [0.15, 0.2) is 0 Å². The Balaban J connectivity index is 2.69. The quantitative estimate of drug-likeness (QED) is 0.341. The van der Waals surface area contributed by atoms with Gasteiger partial charge in [0.1, 0.15) is 0 Å². The summed E-state index contributed by atoms with van der Waals surface area (Å²) in [6.45, 7) is 0. The van der Waals surface area contributed by atoms with E-state index in [4.69, 9.17) is 17.4 Å². The highest BCUT2D eigenvalue weighted by molar-refractivity contribution is 6.17. The van der Waals surface area contributed by atoms with E-state index >= 15 is 0 Å². The normalized spacial score (nSPS) is 11.5. The lowest BCUT2D eigenvalue weighted by atomic mass is 10.2. The van der Waals surface area contributed by atoms with Crippen molar-refractivity contribution >= 4 is 29.7 Å². The van der Waals surface area contributed by atoms with Gasteiger partial charge in [0, 0.05) is 12.1 Å². The summed E-state index contributed by atoms with van der Waals surface area (Å²) >= 11 is 5.63. The second kappa shape index (κ2) is 5.32. The zero-order valence-electron chi connectivity index (χ0n) is 7.02. The number of hydrogen-bond donors (Lipinski definition) is 1. The number of hydrogen-bond acceptors (Lipinski definition) is 3. The third-order valence-corrected chi connectivity index (χ3v) is 1.78. The lowest BCUT2D eigenvalue weighted by Gasteiger charge is -1.94. The molecule has 1 aromatic carbocycles. The molecule has 0 aromatic heterocycles. The van der Waals surface area contributed by atoms with Crippen molar-refractivity contribution in [3.63, 3.8) is 0 Å². The minimum atomic E-state index is 0.522. The third-order valence-electron chi connectivity index (χ3n) is 1.47. The van der Waals surface area contributed by atoms with Crippen LogP contribution in [0.5, 0.6) is 0 Å². The van der Waals surface area contributed by atoms with E-state index in [2.05, 4.69) is 10.1 Å². The average molecular weight is 196 g/mol. The molecule has 0 saturated carbocycles. The second-order valence-electron chi connectivity index (χ2n) is 2.38. The van der Waals surface area contributed by atoms with Crippen LogP contribution in [0, 0.1) is 0 Å². The van der Waals surface area contributed by atoms with Crippen LogP contribution in [0.1, 0.15) is 5.56 Å². The van der Waals surface area contributed by atoms with Gasteiger partial charge < -0.3 is 5.84 Å². The van der Waals surface area contributed by atoms with Crippen LogP contribution in [0.4, 0.5) is 5.69 Å². The Kier molecular flexibility index (Phi) is 3.99. The number of rotatable bonds is 3. The molecule has 1 rings (SSSR count). The number of hydrazone groups is 1. The van der Waals surface area contributed by atoms with Crippen molar-refractivity contribution in [2.75, 3.05) is 0 Å². The van der Waals surface area contributed by atoms with Crippen molar-refractivity contribution in [1.82, 2.24) is 0 Å². The topological polar surface area (TPSA) is 50.7 Å². The van der Waals surface area contributed by atoms with E-state index in [9.17, 15) is 0 Å². The molecule has 0 aliphatic rings. The fourth-order valence-corrected chi connectivity index (χ4v) is 1.01. The number of nitrogens with two attached hydrogens (primary N) is 1. The van der Waals surface area contributed by atoms with Gasteiger partial charge in [0.25, 0.3) is 0 Å². The first kappa shape index (κ1) is 9.74. The summed E-state index contributed by atoms with van der Waals surface area (Å²) in [5.41, 5.74) is 1.93. The van der Waals surface area contributed by atoms with Crippen LogP contribution in [0.2, 0.25) is 0 Å². The highest BCUT2D eigenvalue weighted by Crippen LogP contribution is 2.13. The molecule has 0 bridgehead atoms. The van der Waals surface area contributed by atoms with E-state index < -0.39 is 0 Å². The monoisotopic (exact) mass is 195 g/mol. The fourth-order valence-electron chi connectivity index (χ4n) is 0.829. The smallest absolute Gasteiger partial charge is 0.0648 e. The van der Waals surface area contributed by atoms with E-state index in [-0.39, 0.29) is 0 Å². The molecule has 4 heteroatoms. The van der Waals surface area contributed by atoms with Gasteiger partial charge in [-0.1, -0.05) is 12.1 Å². The summed E-state index contributed by atoms with van der Waals surface area (Å²) in [6, 6.07) is 7.63. The molecule has 13 heavy (non-hydrogen) atoms. The lowest BCUT2D eigenvalue weighted by Crippen LogP contribution is -1.82. The molecule has 0 atom stereocenters. The molecule has 0 amide bonds. The van der Waals surface area contributed by atoms with Gasteiger partial charge >= 0.3 is 0 Å². The Morgan fingerprint density at radius 2 is 1.92 bits per heavy atom. The highest BCUT2D eigenvalue weighted by atomic mass is 35.5. The molecule has 3 nitrogen and oxygen atoms in total. The molecule has 0 radical (unpaired) electrons. The standard InChI is InChI=1S/C9H10ClN3/c10-7-8-1-3-9(4-2-8)12-5-6-13-11/h1-6H,7,11H2. The largest absolute Gasteiger partial charge is 0.323 e. The maximum Gasteiger partial charge on any atom is 0.0648 e. The maximum absolute atomic E-state index is 5.63. The van der Waals surface area contributed by atoms with Crippen molar-refractivity contribution in [1.29, 1.82) is 0 Å². The summed E-state index contributed by atoms with van der Waals surface area (Å²) in [5, 5.41) is 3.29. The predicted octanol–water partition coefficient (Wildman–Crippen LogP) is 2.07. The number of halogens is 1. The summed E-state index contributed by atoms with van der Waals surface area (Å²) in [6.07, 6.45) is 2.96. The molecule has 0 unspecified atom stereocenters. The Labute approximate surface area is 81.9 Å². The maximum atomic E-state index is 5.63. The predicted molar refractivity (Wildman–Crippen MR) is 56.8 cm³/mol. The number of nitrogens with zero attached hydrogens (tertiary/aromatic N) is 2. The van der Waals surface area contributed by atoms with Crippen LogP contribution in [0.15, 0.2) is 34.4 Å². The van der Waals surface area contributed by atoms with Crippen LogP contribution < -0.4 is 5.84 Å². The zero-order chi connectivity index (χ0) is 9.52. The Hall–Kier alpha value is -1.35. The summed E-state index contributed by atoms with van der Waals surface area (Å²) < 4.78 is 0. The van der Waals surface area contributed by atoms with E-state index in [0.29, 0.717) is 5.88 Å². The number of alkyl halides is 1. The van der Waals surface area contributed by atoms with Crippen LogP contribution >= 0.6 is 11.6 Å². The van der Waals surface area contributed by atoms with Gasteiger partial charge in [-0.25, -0.2) is 0 Å². The van der Waals surface area contributed by atoms with Crippen LogP contribution in [0.3, 0.4) is 0 Å². The van der Waals surface area contributed by atoms with Crippen molar-refractivity contribution in [3.05, 3.63) is 29.8 Å². The fraction of sp³-hybridized carbons (Fsp3) is 0.111. The van der Waals surface area contributed by atoms with Crippen LogP contribution in [-0.2, 0) is 5.88 Å². The first-order valence-electron chi connectivity index (χ1n) is 3.77. The van der Waals surface area contributed by atoms with Crippen LogP contribution in [-0.4, -0.2) is 12.4 Å². The second-order valence-corrected chi connectivity index (χ2v) is 2.64. The number of benzene rings is 1. The Bertz CT molecular complexity index is 303. The summed E-state index contributed by atoms with van der Waals surface area (Å²) in [4.78, 5) is 4.07. The molecular weight excluding hydrogens is 186 g/mol. The van der Waals surface area contributed by atoms with E-state index in [1.54, 1.807) is 0 Å². The minimum Gasteiger partial charge on any atom is -0.323 e. The molecule has 1 aromatic rings. The SMILES string of the molecule is NN=CC=Nc1ccc(CCl)cc1. The van der Waals surface area contributed by atoms with Crippen LogP contribution in [0.25, 0.3) is 0 Å². The molecular formula is C9H10ClN3. The van der Waals surface area contributed by atoms with Gasteiger partial charge in [0.05, 0.1) is 11.9 Å². The molecule has 68 valence electrons. The zero-order valence-corrected chi connectivity index (χ0v) is 7.78. The van der Waals surface area contributed by atoms with Crippen molar-refractivity contribution in [3.8, 4) is 0 Å². The van der Waals surface area contributed by atoms with Gasteiger partial charge in [0.2, 0.25) is 0 Å². The number of aliphatic imine (C=N–C) groups is 1.